The summed E-state index contributed by atoms with van der Waals surface area (Å²) in [6.45, 7) is 10.0. The van der Waals surface area contributed by atoms with E-state index >= 15 is 0 Å². The molecule has 4 fully saturated rings. The van der Waals surface area contributed by atoms with Crippen LogP contribution in [0.2, 0.25) is 0 Å². The third-order valence-electron chi connectivity index (χ3n) is 13.6. The van der Waals surface area contributed by atoms with Crippen molar-refractivity contribution in [3.63, 3.8) is 0 Å². The van der Waals surface area contributed by atoms with E-state index in [1.807, 2.05) is 18.2 Å². The van der Waals surface area contributed by atoms with Gasteiger partial charge in [-0.05, 0) is 151 Å². The number of hydrogen-bond acceptors (Lipinski definition) is 4. The molecule has 52 heavy (non-hydrogen) atoms. The zero-order valence-corrected chi connectivity index (χ0v) is 31.4. The summed E-state index contributed by atoms with van der Waals surface area (Å²) in [5, 5.41) is 11.6. The third kappa shape index (κ3) is 6.05. The standard InChI is InChI=1S/C48H52N4/c1-30-16-35-17-31(2)24-47(23-30,27-35)41-14-15-42(43(22-41)48-25-32(3)18-36(28-48)19-33(4)26-48)46-51-44(37-8-6-5-7-9-37)50-45(52-46)40-13-12-38-20-34(29-49)10-11-39(38)21-40/h5-15,20-22,30-33,35-36H,16-19,23-28H2,1-4H3/t30-,31+,32-,33+,35?,36?,47?,48?. The molecule has 264 valence electrons. The van der Waals surface area contributed by atoms with Crippen LogP contribution in [-0.4, -0.2) is 15.0 Å². The van der Waals surface area contributed by atoms with Gasteiger partial charge in [0, 0.05) is 16.7 Å². The molecular weight excluding hydrogens is 633 g/mol. The Hall–Kier alpha value is -4.36. The number of nitrogens with zero attached hydrogens (tertiary/aromatic N) is 4. The first kappa shape index (κ1) is 33.5. The average molecular weight is 685 g/mol. The maximum atomic E-state index is 9.49. The third-order valence-corrected chi connectivity index (χ3v) is 13.6. The average Bonchev–Trinajstić information content (AvgIpc) is 3.13. The van der Waals surface area contributed by atoms with Crippen LogP contribution in [0.5, 0.6) is 0 Å². The highest BCUT2D eigenvalue weighted by atomic mass is 15.0. The molecule has 4 aliphatic rings. The van der Waals surface area contributed by atoms with Crippen molar-refractivity contribution in [2.45, 2.75) is 103 Å². The number of nitriles is 1. The van der Waals surface area contributed by atoms with Crippen LogP contribution in [0.1, 0.15) is 109 Å². The van der Waals surface area contributed by atoms with Crippen molar-refractivity contribution >= 4 is 10.8 Å². The highest BCUT2D eigenvalue weighted by Gasteiger charge is 2.49. The first-order valence-electron chi connectivity index (χ1n) is 20.1. The Morgan fingerprint density at radius 1 is 0.538 bits per heavy atom. The van der Waals surface area contributed by atoms with Gasteiger partial charge in [0.15, 0.2) is 17.5 Å². The van der Waals surface area contributed by atoms with Crippen LogP contribution in [0.3, 0.4) is 0 Å². The second-order valence-corrected chi connectivity index (χ2v) is 18.2. The van der Waals surface area contributed by atoms with Gasteiger partial charge < -0.3 is 0 Å². The topological polar surface area (TPSA) is 62.5 Å². The highest BCUT2D eigenvalue weighted by Crippen LogP contribution is 2.58. The van der Waals surface area contributed by atoms with Crippen LogP contribution in [0.4, 0.5) is 0 Å². The molecule has 9 rings (SSSR count). The van der Waals surface area contributed by atoms with E-state index in [1.54, 1.807) is 5.56 Å². The van der Waals surface area contributed by atoms with E-state index in [2.05, 4.69) is 100 Å². The van der Waals surface area contributed by atoms with Crippen LogP contribution >= 0.6 is 0 Å². The molecule has 0 N–H and O–H groups in total. The molecule has 4 unspecified atom stereocenters. The van der Waals surface area contributed by atoms with Crippen LogP contribution < -0.4 is 0 Å². The molecular formula is C48H52N4. The van der Waals surface area contributed by atoms with E-state index < -0.39 is 0 Å². The van der Waals surface area contributed by atoms with Gasteiger partial charge in [-0.1, -0.05) is 94.4 Å². The molecule has 0 radical (unpaired) electrons. The molecule has 0 saturated heterocycles. The van der Waals surface area contributed by atoms with Crippen LogP contribution in [-0.2, 0) is 10.8 Å². The molecule has 5 aromatic rings. The van der Waals surface area contributed by atoms with Crippen molar-refractivity contribution in [3.05, 3.63) is 102 Å². The lowest BCUT2D eigenvalue weighted by Crippen LogP contribution is -2.44. The summed E-state index contributed by atoms with van der Waals surface area (Å²) in [6, 6.07) is 32.5. The van der Waals surface area contributed by atoms with Crippen molar-refractivity contribution in [1.29, 1.82) is 5.26 Å². The Morgan fingerprint density at radius 3 is 1.75 bits per heavy atom. The lowest BCUT2D eigenvalue weighted by Gasteiger charge is -2.53. The summed E-state index contributed by atoms with van der Waals surface area (Å²) in [4.78, 5) is 15.9. The minimum Gasteiger partial charge on any atom is -0.208 e. The predicted octanol–water partition coefficient (Wildman–Crippen LogP) is 12.1. The van der Waals surface area contributed by atoms with E-state index in [0.717, 1.165) is 51.4 Å². The number of aromatic nitrogens is 3. The van der Waals surface area contributed by atoms with E-state index in [1.165, 1.54) is 75.3 Å². The molecule has 1 heterocycles. The molecule has 4 bridgehead atoms. The highest BCUT2D eigenvalue weighted by molar-refractivity contribution is 5.87. The molecule has 1 aromatic heterocycles. The Bertz CT molecular complexity index is 2140. The van der Waals surface area contributed by atoms with Crippen LogP contribution in [0, 0.1) is 46.8 Å². The predicted molar refractivity (Wildman–Crippen MR) is 212 cm³/mol. The maximum absolute atomic E-state index is 9.49. The second kappa shape index (κ2) is 12.9. The van der Waals surface area contributed by atoms with Crippen molar-refractivity contribution in [1.82, 2.24) is 15.0 Å². The smallest absolute Gasteiger partial charge is 0.164 e. The number of rotatable bonds is 5. The van der Waals surface area contributed by atoms with Gasteiger partial charge in [-0.15, -0.1) is 0 Å². The molecule has 0 amide bonds. The largest absolute Gasteiger partial charge is 0.208 e. The fourth-order valence-electron chi connectivity index (χ4n) is 12.4. The zero-order valence-electron chi connectivity index (χ0n) is 31.4. The van der Waals surface area contributed by atoms with E-state index in [9.17, 15) is 5.26 Å². The van der Waals surface area contributed by atoms with Gasteiger partial charge in [0.2, 0.25) is 0 Å². The Labute approximate surface area is 310 Å². The van der Waals surface area contributed by atoms with Gasteiger partial charge in [0.1, 0.15) is 0 Å². The van der Waals surface area contributed by atoms with Gasteiger partial charge in [0.25, 0.3) is 0 Å². The Morgan fingerprint density at radius 2 is 1.10 bits per heavy atom. The zero-order chi connectivity index (χ0) is 35.6. The van der Waals surface area contributed by atoms with E-state index in [4.69, 9.17) is 15.0 Å². The molecule has 0 spiro atoms. The van der Waals surface area contributed by atoms with Gasteiger partial charge >= 0.3 is 0 Å². The first-order valence-corrected chi connectivity index (χ1v) is 20.1. The molecule has 4 saturated carbocycles. The summed E-state index contributed by atoms with van der Waals surface area (Å²) in [5.74, 6) is 6.78. The molecule has 4 aliphatic carbocycles. The number of fused-ring (bicyclic) bond motifs is 5. The normalized spacial score (nSPS) is 31.2. The lowest BCUT2D eigenvalue weighted by atomic mass is 9.52. The minimum atomic E-state index is 0.128. The molecule has 4 nitrogen and oxygen atoms in total. The van der Waals surface area contributed by atoms with Crippen LogP contribution in [0.25, 0.3) is 44.9 Å². The van der Waals surface area contributed by atoms with Crippen LogP contribution in [0.15, 0.2) is 84.9 Å². The first-order chi connectivity index (χ1) is 25.2. The van der Waals surface area contributed by atoms with Crippen molar-refractivity contribution in [2.24, 2.45) is 35.5 Å². The number of benzene rings is 4. The van der Waals surface area contributed by atoms with Crippen molar-refractivity contribution in [3.8, 4) is 40.2 Å². The maximum Gasteiger partial charge on any atom is 0.164 e. The summed E-state index contributed by atoms with van der Waals surface area (Å²) in [6.07, 6.45) is 13.2. The van der Waals surface area contributed by atoms with E-state index in [0.29, 0.717) is 29.0 Å². The Kier molecular flexibility index (Phi) is 8.33. The van der Waals surface area contributed by atoms with Crippen molar-refractivity contribution < 1.29 is 0 Å². The minimum absolute atomic E-state index is 0.128. The lowest BCUT2D eigenvalue weighted by molar-refractivity contribution is 0.0739. The molecule has 4 aromatic carbocycles. The van der Waals surface area contributed by atoms with Gasteiger partial charge in [-0.3, -0.25) is 0 Å². The fourth-order valence-corrected chi connectivity index (χ4v) is 12.4. The summed E-state index contributed by atoms with van der Waals surface area (Å²) >= 11 is 0. The SMILES string of the molecule is C[C@@H]1CC2C[C@H](C)CC(c3ccc(-c4nc(-c5ccccc5)nc(-c5ccc6cc(C#N)ccc6c5)n4)c(C45CC(C[C@@H](C)C4)C[C@H](C)C5)c3)(C2)C1. The summed E-state index contributed by atoms with van der Waals surface area (Å²) in [5.41, 5.74) is 7.31. The van der Waals surface area contributed by atoms with Gasteiger partial charge in [-0.25, -0.2) is 15.0 Å². The second-order valence-electron chi connectivity index (χ2n) is 18.2. The van der Waals surface area contributed by atoms with E-state index in [-0.39, 0.29) is 10.8 Å². The monoisotopic (exact) mass is 684 g/mol. The van der Waals surface area contributed by atoms with Crippen molar-refractivity contribution in [2.75, 3.05) is 0 Å². The quantitative estimate of drug-likeness (QED) is 0.185. The number of hydrogen-bond donors (Lipinski definition) is 0. The van der Waals surface area contributed by atoms with Gasteiger partial charge in [0.05, 0.1) is 11.6 Å². The van der Waals surface area contributed by atoms with Gasteiger partial charge in [-0.2, -0.15) is 5.26 Å². The fraction of sp³-hybridized carbons (Fsp3) is 0.458. The Balaban J connectivity index is 1.25. The summed E-state index contributed by atoms with van der Waals surface area (Å²) in [7, 11) is 0. The molecule has 8 atom stereocenters. The molecule has 0 aliphatic heterocycles. The summed E-state index contributed by atoms with van der Waals surface area (Å²) < 4.78 is 0. The molecule has 4 heteroatoms.